The number of nitrogens with two attached hydrogens (primary N) is 1. The van der Waals surface area contributed by atoms with Gasteiger partial charge in [-0.25, -0.2) is 18.5 Å². The van der Waals surface area contributed by atoms with Crippen LogP contribution in [0.25, 0.3) is 0 Å². The zero-order chi connectivity index (χ0) is 13.2. The second kappa shape index (κ2) is 5.19. The van der Waals surface area contributed by atoms with Gasteiger partial charge in [0.15, 0.2) is 0 Å². The van der Waals surface area contributed by atoms with Crippen LogP contribution in [-0.2, 0) is 14.8 Å². The molecule has 8 heteroatoms. The number of sulfonamides is 1. The average Bonchev–Trinajstić information content (AvgIpc) is 2.76. The van der Waals surface area contributed by atoms with Crippen molar-refractivity contribution in [3.05, 3.63) is 18.3 Å². The number of methoxy groups -OCH3 is 1. The fourth-order valence-electron chi connectivity index (χ4n) is 1.87. The van der Waals surface area contributed by atoms with E-state index in [4.69, 9.17) is 9.88 Å². The maximum atomic E-state index is 11.1. The molecular formula is C10H16N4O3S. The molecule has 1 aromatic rings. The Morgan fingerprint density at radius 3 is 2.83 bits per heavy atom. The van der Waals surface area contributed by atoms with Crippen molar-refractivity contribution in [1.29, 1.82) is 0 Å². The van der Waals surface area contributed by atoms with E-state index in [-0.39, 0.29) is 17.0 Å². The summed E-state index contributed by atoms with van der Waals surface area (Å²) in [5.74, 6) is 0.596. The van der Waals surface area contributed by atoms with Crippen LogP contribution in [0.1, 0.15) is 0 Å². The van der Waals surface area contributed by atoms with Gasteiger partial charge in [0, 0.05) is 26.4 Å². The smallest absolute Gasteiger partial charge is 0.239 e. The van der Waals surface area contributed by atoms with Gasteiger partial charge < -0.3 is 15.4 Å². The fraction of sp³-hybridized carbons (Fsp3) is 0.500. The highest BCUT2D eigenvalue weighted by Gasteiger charge is 2.26. The second-order valence-corrected chi connectivity index (χ2v) is 5.67. The number of nitrogens with zero attached hydrogens (tertiary/aromatic N) is 1. The molecule has 1 aliphatic heterocycles. The van der Waals surface area contributed by atoms with E-state index in [1.54, 1.807) is 13.2 Å². The van der Waals surface area contributed by atoms with Gasteiger partial charge in [-0.05, 0) is 12.1 Å². The van der Waals surface area contributed by atoms with E-state index in [9.17, 15) is 8.42 Å². The summed E-state index contributed by atoms with van der Waals surface area (Å²) in [6, 6.07) is 3.13. The molecule has 18 heavy (non-hydrogen) atoms. The molecule has 7 nitrogen and oxygen atoms in total. The summed E-state index contributed by atoms with van der Waals surface area (Å²) in [5.41, 5.74) is 0. The first kappa shape index (κ1) is 13.2. The molecule has 1 aromatic heterocycles. The number of ether oxygens (including phenoxy) is 1. The molecule has 0 aliphatic carbocycles. The third-order valence-electron chi connectivity index (χ3n) is 2.86. The Morgan fingerprint density at radius 1 is 1.50 bits per heavy atom. The van der Waals surface area contributed by atoms with Gasteiger partial charge in [0.1, 0.15) is 10.7 Å². The van der Waals surface area contributed by atoms with Crippen molar-refractivity contribution in [3.8, 4) is 0 Å². The zero-order valence-electron chi connectivity index (χ0n) is 9.96. The number of hydrogen-bond donors (Lipinski definition) is 3. The quantitative estimate of drug-likeness (QED) is 0.657. The zero-order valence-corrected chi connectivity index (χ0v) is 10.8. The third-order valence-corrected chi connectivity index (χ3v) is 3.76. The van der Waals surface area contributed by atoms with E-state index in [1.165, 1.54) is 12.3 Å². The SMILES string of the molecule is CO[C@@H]1CNCC1Nc1ccc(S(N)(=O)=O)cn1. The summed E-state index contributed by atoms with van der Waals surface area (Å²) in [4.78, 5) is 4.02. The van der Waals surface area contributed by atoms with Crippen LogP contribution in [-0.4, -0.2) is 45.7 Å². The van der Waals surface area contributed by atoms with Gasteiger partial charge in [0.2, 0.25) is 10.0 Å². The fourth-order valence-corrected chi connectivity index (χ4v) is 2.33. The second-order valence-electron chi connectivity index (χ2n) is 4.11. The molecule has 1 aliphatic rings. The van der Waals surface area contributed by atoms with Gasteiger partial charge in [-0.1, -0.05) is 0 Å². The van der Waals surface area contributed by atoms with Crippen LogP contribution in [0.15, 0.2) is 23.2 Å². The molecule has 0 aromatic carbocycles. The number of hydrogen-bond acceptors (Lipinski definition) is 6. The minimum absolute atomic E-state index is 0.000823. The predicted molar refractivity (Wildman–Crippen MR) is 66.7 cm³/mol. The lowest BCUT2D eigenvalue weighted by Gasteiger charge is -2.19. The van der Waals surface area contributed by atoms with E-state index in [1.807, 2.05) is 0 Å². The Hall–Kier alpha value is -1.22. The van der Waals surface area contributed by atoms with E-state index in [2.05, 4.69) is 15.6 Å². The van der Waals surface area contributed by atoms with Gasteiger partial charge in [0.05, 0.1) is 12.1 Å². The van der Waals surface area contributed by atoms with Gasteiger partial charge in [0.25, 0.3) is 0 Å². The van der Waals surface area contributed by atoms with Crippen LogP contribution in [0.5, 0.6) is 0 Å². The normalized spacial score (nSPS) is 24.1. The number of aromatic nitrogens is 1. The van der Waals surface area contributed by atoms with Crippen molar-refractivity contribution in [1.82, 2.24) is 10.3 Å². The number of nitrogens with one attached hydrogen (secondary N) is 2. The summed E-state index contributed by atoms with van der Waals surface area (Å²) < 4.78 is 27.5. The number of anilines is 1. The van der Waals surface area contributed by atoms with Crippen molar-refractivity contribution >= 4 is 15.8 Å². The summed E-state index contributed by atoms with van der Waals surface area (Å²) in [7, 11) is -2.03. The van der Waals surface area contributed by atoms with Crippen molar-refractivity contribution in [2.75, 3.05) is 25.5 Å². The maximum absolute atomic E-state index is 11.1. The Morgan fingerprint density at radius 2 is 2.28 bits per heavy atom. The first-order valence-corrected chi connectivity index (χ1v) is 7.04. The lowest BCUT2D eigenvalue weighted by atomic mass is 10.2. The highest BCUT2D eigenvalue weighted by molar-refractivity contribution is 7.89. The molecule has 1 saturated heterocycles. The predicted octanol–water partition coefficient (Wildman–Crippen LogP) is -0.872. The lowest BCUT2D eigenvalue weighted by Crippen LogP contribution is -2.33. The van der Waals surface area contributed by atoms with Crippen molar-refractivity contribution in [2.45, 2.75) is 17.0 Å². The van der Waals surface area contributed by atoms with Crippen LogP contribution in [0, 0.1) is 0 Å². The van der Waals surface area contributed by atoms with Crippen molar-refractivity contribution < 1.29 is 13.2 Å². The van der Waals surface area contributed by atoms with Crippen LogP contribution < -0.4 is 15.8 Å². The Balaban J connectivity index is 2.07. The number of primary sulfonamides is 1. The molecular weight excluding hydrogens is 256 g/mol. The van der Waals surface area contributed by atoms with Crippen LogP contribution in [0.4, 0.5) is 5.82 Å². The molecule has 0 bridgehead atoms. The molecule has 2 rings (SSSR count). The van der Waals surface area contributed by atoms with E-state index in [0.717, 1.165) is 13.1 Å². The molecule has 2 heterocycles. The van der Waals surface area contributed by atoms with Gasteiger partial charge in [-0.3, -0.25) is 0 Å². The van der Waals surface area contributed by atoms with Crippen LogP contribution in [0.2, 0.25) is 0 Å². The minimum atomic E-state index is -3.69. The topological polar surface area (TPSA) is 106 Å². The lowest BCUT2D eigenvalue weighted by molar-refractivity contribution is 0.111. The van der Waals surface area contributed by atoms with Crippen molar-refractivity contribution in [3.63, 3.8) is 0 Å². The molecule has 0 spiro atoms. The van der Waals surface area contributed by atoms with Crippen molar-refractivity contribution in [2.24, 2.45) is 5.14 Å². The Labute approximate surface area is 106 Å². The van der Waals surface area contributed by atoms with E-state index < -0.39 is 10.0 Å². The third kappa shape index (κ3) is 2.96. The molecule has 1 fully saturated rings. The van der Waals surface area contributed by atoms with E-state index in [0.29, 0.717) is 5.82 Å². The summed E-state index contributed by atoms with van der Waals surface area (Å²) in [6.07, 6.45) is 1.31. The largest absolute Gasteiger partial charge is 0.378 e. The maximum Gasteiger partial charge on any atom is 0.239 e. The number of rotatable bonds is 4. The highest BCUT2D eigenvalue weighted by atomic mass is 32.2. The molecule has 0 amide bonds. The van der Waals surface area contributed by atoms with E-state index >= 15 is 0 Å². The highest BCUT2D eigenvalue weighted by Crippen LogP contribution is 2.13. The molecule has 0 radical (unpaired) electrons. The average molecular weight is 272 g/mol. The standard InChI is InChI=1S/C10H16N4O3S/c1-17-9-6-12-5-8(9)14-10-3-2-7(4-13-10)18(11,15)16/h2-4,8-9,12H,5-6H2,1H3,(H,13,14)(H2,11,15,16)/t8?,9-/m1/s1. The Kier molecular flexibility index (Phi) is 3.81. The first-order chi connectivity index (χ1) is 8.50. The Bertz CT molecular complexity index is 502. The molecule has 1 unspecified atom stereocenters. The molecule has 100 valence electrons. The van der Waals surface area contributed by atoms with Gasteiger partial charge >= 0.3 is 0 Å². The molecule has 4 N–H and O–H groups in total. The van der Waals surface area contributed by atoms with Gasteiger partial charge in [-0.15, -0.1) is 0 Å². The minimum Gasteiger partial charge on any atom is -0.378 e. The number of pyridine rings is 1. The summed E-state index contributed by atoms with van der Waals surface area (Å²) >= 11 is 0. The van der Waals surface area contributed by atoms with Gasteiger partial charge in [-0.2, -0.15) is 0 Å². The van der Waals surface area contributed by atoms with Crippen LogP contribution in [0.3, 0.4) is 0 Å². The first-order valence-electron chi connectivity index (χ1n) is 5.49. The molecule has 0 saturated carbocycles. The van der Waals surface area contributed by atoms with Crippen LogP contribution >= 0.6 is 0 Å². The summed E-state index contributed by atoms with van der Waals surface area (Å²) in [5, 5.41) is 11.4. The molecule has 2 atom stereocenters. The summed E-state index contributed by atoms with van der Waals surface area (Å²) in [6.45, 7) is 1.56. The monoisotopic (exact) mass is 272 g/mol.